The maximum atomic E-state index is 11.8. The van der Waals surface area contributed by atoms with E-state index in [0.717, 1.165) is 52.4 Å². The van der Waals surface area contributed by atoms with Crippen LogP contribution in [0, 0.1) is 0 Å². The summed E-state index contributed by atoms with van der Waals surface area (Å²) in [4.78, 5) is 11.8. The lowest BCUT2D eigenvalue weighted by Crippen LogP contribution is -2.35. The van der Waals surface area contributed by atoms with Crippen LogP contribution in [0.2, 0.25) is 0 Å². The van der Waals surface area contributed by atoms with Gasteiger partial charge in [0.15, 0.2) is 6.10 Å². The molecule has 0 radical (unpaired) electrons. The van der Waals surface area contributed by atoms with Crippen LogP contribution in [0.1, 0.15) is 56.4 Å². The fourth-order valence-electron chi connectivity index (χ4n) is 4.85. The lowest BCUT2D eigenvalue weighted by Gasteiger charge is -2.36. The first-order valence-corrected chi connectivity index (χ1v) is 12.9. The molecule has 5 rings (SSSR count). The van der Waals surface area contributed by atoms with Gasteiger partial charge in [0.1, 0.15) is 41.1 Å². The summed E-state index contributed by atoms with van der Waals surface area (Å²) < 4.78 is 30.7. The molecule has 6 heteroatoms. The van der Waals surface area contributed by atoms with Gasteiger partial charge in [-0.1, -0.05) is 32.4 Å². The van der Waals surface area contributed by atoms with Crippen molar-refractivity contribution < 1.29 is 28.5 Å². The average Bonchev–Trinajstić information content (AvgIpc) is 2.90. The molecule has 37 heavy (non-hydrogen) atoms. The Labute approximate surface area is 217 Å². The highest BCUT2D eigenvalue weighted by Gasteiger charge is 2.38. The zero-order valence-corrected chi connectivity index (χ0v) is 21.8. The minimum Gasteiger partial charge on any atom is -0.494 e. The van der Waals surface area contributed by atoms with Crippen LogP contribution in [0.25, 0.3) is 11.3 Å². The number of ether oxygens (including phenoxy) is 5. The molecule has 0 amide bonds. The van der Waals surface area contributed by atoms with Gasteiger partial charge >= 0.3 is 5.97 Å². The zero-order valence-electron chi connectivity index (χ0n) is 21.8. The predicted molar refractivity (Wildman–Crippen MR) is 143 cm³/mol. The number of rotatable bonds is 8. The molecule has 0 spiro atoms. The van der Waals surface area contributed by atoms with Crippen molar-refractivity contribution in [3.05, 3.63) is 76.9 Å². The van der Waals surface area contributed by atoms with E-state index in [0.29, 0.717) is 36.9 Å². The summed E-state index contributed by atoms with van der Waals surface area (Å²) in [5, 5.41) is 0. The molecule has 6 nitrogen and oxygen atoms in total. The largest absolute Gasteiger partial charge is 0.494 e. The van der Waals surface area contributed by atoms with Gasteiger partial charge in [-0.2, -0.15) is 0 Å². The number of fused-ring (bicyclic) bond motifs is 4. The van der Waals surface area contributed by atoms with Gasteiger partial charge in [0.05, 0.1) is 17.7 Å². The highest BCUT2D eigenvalue weighted by molar-refractivity contribution is 5.96. The van der Waals surface area contributed by atoms with Crippen molar-refractivity contribution >= 4 is 17.3 Å². The molecule has 0 fully saturated rings. The van der Waals surface area contributed by atoms with Crippen molar-refractivity contribution in [3.8, 4) is 28.7 Å². The van der Waals surface area contributed by atoms with Crippen LogP contribution in [0.5, 0.6) is 28.7 Å². The van der Waals surface area contributed by atoms with Crippen LogP contribution in [-0.2, 0) is 17.6 Å². The second kappa shape index (κ2) is 10.6. The van der Waals surface area contributed by atoms with E-state index in [-0.39, 0.29) is 5.97 Å². The second-order valence-corrected chi connectivity index (χ2v) is 9.11. The second-order valence-electron chi connectivity index (χ2n) is 9.11. The molecule has 192 valence electrons. The number of carbonyl (C=O) groups excluding carboxylic acids is 1. The van der Waals surface area contributed by atoms with Gasteiger partial charge < -0.3 is 23.7 Å². The summed E-state index contributed by atoms with van der Waals surface area (Å²) >= 11 is 0. The van der Waals surface area contributed by atoms with Crippen LogP contribution in [0.15, 0.2) is 54.6 Å². The SMILES string of the molecule is CCCc1c(OC(C)=O)ccc2c1OC1COc3ccc(OCC)cc3C1=C2Oc1ccc(CC)cc1. The molecule has 2 heterocycles. The fraction of sp³-hybridized carbons (Fsp3) is 0.323. The number of carbonyl (C=O) groups is 1. The van der Waals surface area contributed by atoms with Crippen molar-refractivity contribution in [2.45, 2.75) is 53.1 Å². The van der Waals surface area contributed by atoms with E-state index < -0.39 is 6.10 Å². The van der Waals surface area contributed by atoms with Gasteiger partial charge in [-0.25, -0.2) is 0 Å². The highest BCUT2D eigenvalue weighted by atomic mass is 16.6. The Morgan fingerprint density at radius 2 is 1.76 bits per heavy atom. The molecule has 2 aliphatic heterocycles. The monoisotopic (exact) mass is 500 g/mol. The van der Waals surface area contributed by atoms with Crippen LogP contribution in [0.3, 0.4) is 0 Å². The summed E-state index contributed by atoms with van der Waals surface area (Å²) in [6.45, 7) is 8.48. The Morgan fingerprint density at radius 3 is 2.46 bits per heavy atom. The van der Waals surface area contributed by atoms with E-state index in [2.05, 4.69) is 26.0 Å². The Hall–Kier alpha value is -3.93. The molecule has 3 aromatic rings. The molecular weight excluding hydrogens is 468 g/mol. The van der Waals surface area contributed by atoms with Crippen molar-refractivity contribution in [1.82, 2.24) is 0 Å². The molecule has 0 aromatic heterocycles. The molecule has 0 saturated heterocycles. The summed E-state index contributed by atoms with van der Waals surface area (Å²) in [5.74, 6) is 3.78. The molecule has 1 unspecified atom stereocenters. The van der Waals surface area contributed by atoms with Gasteiger partial charge in [0, 0.05) is 18.1 Å². The van der Waals surface area contributed by atoms with Crippen LogP contribution in [-0.4, -0.2) is 25.3 Å². The fourth-order valence-corrected chi connectivity index (χ4v) is 4.85. The maximum Gasteiger partial charge on any atom is 0.308 e. The first-order valence-electron chi connectivity index (χ1n) is 12.9. The number of aryl methyl sites for hydroxylation is 1. The number of hydrogen-bond donors (Lipinski definition) is 0. The number of hydrogen-bond acceptors (Lipinski definition) is 6. The lowest BCUT2D eigenvalue weighted by atomic mass is 9.89. The Kier molecular flexibility index (Phi) is 7.08. The lowest BCUT2D eigenvalue weighted by molar-refractivity contribution is -0.131. The quantitative estimate of drug-likeness (QED) is 0.256. The molecule has 0 N–H and O–H groups in total. The number of benzene rings is 3. The Morgan fingerprint density at radius 1 is 0.973 bits per heavy atom. The van der Waals surface area contributed by atoms with E-state index in [1.54, 1.807) is 0 Å². The maximum absolute atomic E-state index is 11.8. The van der Waals surface area contributed by atoms with E-state index in [1.165, 1.54) is 12.5 Å². The van der Waals surface area contributed by atoms with Crippen molar-refractivity contribution in [1.29, 1.82) is 0 Å². The van der Waals surface area contributed by atoms with Gasteiger partial charge in [0.2, 0.25) is 0 Å². The minimum atomic E-state index is -0.398. The van der Waals surface area contributed by atoms with Crippen LogP contribution in [0.4, 0.5) is 0 Å². The number of esters is 1. The average molecular weight is 501 g/mol. The third kappa shape index (κ3) is 4.88. The summed E-state index contributed by atoms with van der Waals surface area (Å²) in [5.41, 5.74) is 4.71. The van der Waals surface area contributed by atoms with Gasteiger partial charge in [-0.15, -0.1) is 0 Å². The van der Waals surface area contributed by atoms with E-state index in [9.17, 15) is 4.79 Å². The summed E-state index contributed by atoms with van der Waals surface area (Å²) in [6, 6.07) is 17.7. The molecule has 2 aliphatic rings. The minimum absolute atomic E-state index is 0.334. The van der Waals surface area contributed by atoms with E-state index >= 15 is 0 Å². The van der Waals surface area contributed by atoms with Crippen molar-refractivity contribution in [3.63, 3.8) is 0 Å². The van der Waals surface area contributed by atoms with Gasteiger partial charge in [-0.3, -0.25) is 4.79 Å². The standard InChI is InChI=1S/C31H32O6/c1-5-8-23-27(35-19(4)32)16-14-24-30(23)37-28-18-34-26-15-13-22(33-7-3)17-25(26)29(28)31(24)36-21-11-9-20(6-2)10-12-21/h9-17,28H,5-8,18H2,1-4H3. The highest BCUT2D eigenvalue weighted by Crippen LogP contribution is 2.49. The van der Waals surface area contributed by atoms with E-state index in [1.807, 2.05) is 49.4 Å². The normalized spacial score (nSPS) is 15.5. The molecule has 3 aromatic carbocycles. The van der Waals surface area contributed by atoms with Crippen molar-refractivity contribution in [2.75, 3.05) is 13.2 Å². The predicted octanol–water partition coefficient (Wildman–Crippen LogP) is 6.63. The third-order valence-corrected chi connectivity index (χ3v) is 6.54. The Balaban J connectivity index is 1.72. The summed E-state index contributed by atoms with van der Waals surface area (Å²) in [7, 11) is 0. The van der Waals surface area contributed by atoms with Crippen molar-refractivity contribution in [2.24, 2.45) is 0 Å². The first-order chi connectivity index (χ1) is 18.0. The van der Waals surface area contributed by atoms with Gasteiger partial charge in [-0.05, 0) is 67.8 Å². The van der Waals surface area contributed by atoms with Gasteiger partial charge in [0.25, 0.3) is 0 Å². The first kappa shape index (κ1) is 24.8. The molecule has 0 saturated carbocycles. The zero-order chi connectivity index (χ0) is 25.9. The molecule has 0 bridgehead atoms. The molecular formula is C31H32O6. The summed E-state index contributed by atoms with van der Waals surface area (Å²) in [6.07, 6.45) is 2.11. The van der Waals surface area contributed by atoms with E-state index in [4.69, 9.17) is 23.7 Å². The molecule has 1 atom stereocenters. The van der Waals surface area contributed by atoms with Crippen LogP contribution >= 0.6 is 0 Å². The topological polar surface area (TPSA) is 63.2 Å². The third-order valence-electron chi connectivity index (χ3n) is 6.54. The molecule has 0 aliphatic carbocycles. The smallest absolute Gasteiger partial charge is 0.308 e. The van der Waals surface area contributed by atoms with Crippen LogP contribution < -0.4 is 23.7 Å². The Bertz CT molecular complexity index is 1340.